The Hall–Kier alpha value is -2.57. The average molecular weight is 293 g/mol. The first-order chi connectivity index (χ1) is 9.79. The summed E-state index contributed by atoms with van der Waals surface area (Å²) in [6, 6.07) is 5.27. The number of nitrogens with one attached hydrogen (secondary N) is 2. The highest BCUT2D eigenvalue weighted by atomic mass is 16.4. The first-order valence-electron chi connectivity index (χ1n) is 6.44. The maximum absolute atomic E-state index is 11.8. The number of amides is 3. The molecule has 21 heavy (non-hydrogen) atoms. The zero-order valence-corrected chi connectivity index (χ0v) is 11.9. The average Bonchev–Trinajstić information content (AvgIpc) is 2.37. The van der Waals surface area contributed by atoms with Crippen LogP contribution in [0.2, 0.25) is 0 Å². The lowest BCUT2D eigenvalue weighted by molar-refractivity contribution is -0.140. The standard InChI is InChI=1S/C14H19N3O4/c1-8-3-5-10(6-4-8)9(2)16-14(21)17-11(13(19)20)7-12(15)18/h3-6,9,11H,7H2,1-2H3,(H2,15,18)(H,19,20)(H2,16,17,21). The molecule has 0 aliphatic heterocycles. The molecule has 2 atom stereocenters. The quantitative estimate of drug-likeness (QED) is 0.616. The molecule has 0 aromatic heterocycles. The molecule has 114 valence electrons. The third-order valence-electron chi connectivity index (χ3n) is 2.93. The Bertz CT molecular complexity index is 528. The van der Waals surface area contributed by atoms with Gasteiger partial charge in [-0.3, -0.25) is 4.79 Å². The van der Waals surface area contributed by atoms with Gasteiger partial charge in [0, 0.05) is 0 Å². The van der Waals surface area contributed by atoms with Gasteiger partial charge in [0.1, 0.15) is 6.04 Å². The van der Waals surface area contributed by atoms with Gasteiger partial charge in [-0.05, 0) is 19.4 Å². The van der Waals surface area contributed by atoms with Gasteiger partial charge in [0.15, 0.2) is 0 Å². The number of hydrogen-bond acceptors (Lipinski definition) is 3. The molecule has 0 aliphatic rings. The van der Waals surface area contributed by atoms with E-state index >= 15 is 0 Å². The van der Waals surface area contributed by atoms with Crippen LogP contribution in [0.5, 0.6) is 0 Å². The zero-order chi connectivity index (χ0) is 16.0. The molecule has 0 radical (unpaired) electrons. The first-order valence-corrected chi connectivity index (χ1v) is 6.44. The van der Waals surface area contributed by atoms with E-state index in [2.05, 4.69) is 10.6 Å². The third-order valence-corrected chi connectivity index (χ3v) is 2.93. The fourth-order valence-corrected chi connectivity index (χ4v) is 1.74. The monoisotopic (exact) mass is 293 g/mol. The van der Waals surface area contributed by atoms with Gasteiger partial charge in [-0.1, -0.05) is 29.8 Å². The van der Waals surface area contributed by atoms with Crippen LogP contribution >= 0.6 is 0 Å². The molecule has 0 heterocycles. The maximum atomic E-state index is 11.8. The van der Waals surface area contributed by atoms with E-state index in [0.29, 0.717) is 0 Å². The minimum Gasteiger partial charge on any atom is -0.480 e. The Balaban J connectivity index is 2.61. The lowest BCUT2D eigenvalue weighted by atomic mass is 10.1. The molecule has 0 saturated carbocycles. The SMILES string of the molecule is Cc1ccc(C(C)NC(=O)NC(CC(N)=O)C(=O)O)cc1. The normalized spacial score (nSPS) is 13.0. The van der Waals surface area contributed by atoms with Crippen LogP contribution in [0.3, 0.4) is 0 Å². The molecule has 0 bridgehead atoms. The number of benzene rings is 1. The number of nitrogens with two attached hydrogens (primary N) is 1. The molecule has 1 aromatic carbocycles. The molecule has 0 saturated heterocycles. The molecule has 0 aliphatic carbocycles. The fourth-order valence-electron chi connectivity index (χ4n) is 1.74. The van der Waals surface area contributed by atoms with Crippen molar-refractivity contribution in [1.82, 2.24) is 10.6 Å². The summed E-state index contributed by atoms with van der Waals surface area (Å²) in [4.78, 5) is 33.4. The fraction of sp³-hybridized carbons (Fsp3) is 0.357. The number of carboxylic acid groups (broad SMARTS) is 1. The molecular weight excluding hydrogens is 274 g/mol. The van der Waals surface area contributed by atoms with E-state index < -0.39 is 30.4 Å². The van der Waals surface area contributed by atoms with E-state index in [1.54, 1.807) is 6.92 Å². The second-order valence-electron chi connectivity index (χ2n) is 4.81. The predicted octanol–water partition coefficient (Wildman–Crippen LogP) is 0.684. The van der Waals surface area contributed by atoms with E-state index in [-0.39, 0.29) is 6.04 Å². The first kappa shape index (κ1) is 16.5. The Labute approximate surface area is 122 Å². The van der Waals surface area contributed by atoms with E-state index in [0.717, 1.165) is 11.1 Å². The lowest BCUT2D eigenvalue weighted by Gasteiger charge is -2.18. The van der Waals surface area contributed by atoms with E-state index in [4.69, 9.17) is 10.8 Å². The molecule has 1 aromatic rings. The second kappa shape index (κ2) is 7.28. The minimum absolute atomic E-state index is 0.298. The Morgan fingerprint density at radius 3 is 2.24 bits per heavy atom. The van der Waals surface area contributed by atoms with Crippen LogP contribution in [0.4, 0.5) is 4.79 Å². The summed E-state index contributed by atoms with van der Waals surface area (Å²) in [5, 5.41) is 13.7. The third kappa shape index (κ3) is 5.52. The van der Waals surface area contributed by atoms with Crippen molar-refractivity contribution in [3.05, 3.63) is 35.4 Å². The Kier molecular flexibility index (Phi) is 5.71. The van der Waals surface area contributed by atoms with E-state index in [1.807, 2.05) is 31.2 Å². The van der Waals surface area contributed by atoms with Gasteiger partial charge >= 0.3 is 12.0 Å². The number of rotatable bonds is 6. The summed E-state index contributed by atoms with van der Waals surface area (Å²) in [6.07, 6.45) is -0.457. The second-order valence-corrected chi connectivity index (χ2v) is 4.81. The van der Waals surface area contributed by atoms with Crippen LogP contribution in [0.15, 0.2) is 24.3 Å². The molecule has 0 spiro atoms. The number of carboxylic acids is 1. The van der Waals surface area contributed by atoms with Gasteiger partial charge in [-0.2, -0.15) is 0 Å². The van der Waals surface area contributed by atoms with Crippen molar-refractivity contribution in [2.75, 3.05) is 0 Å². The van der Waals surface area contributed by atoms with Gasteiger partial charge in [-0.15, -0.1) is 0 Å². The molecule has 7 nitrogen and oxygen atoms in total. The van der Waals surface area contributed by atoms with Crippen LogP contribution in [0.1, 0.15) is 30.5 Å². The highest BCUT2D eigenvalue weighted by Gasteiger charge is 2.22. The Morgan fingerprint density at radius 2 is 1.76 bits per heavy atom. The molecule has 7 heteroatoms. The van der Waals surface area contributed by atoms with Crippen molar-refractivity contribution in [2.45, 2.75) is 32.4 Å². The largest absolute Gasteiger partial charge is 0.480 e. The van der Waals surface area contributed by atoms with Crippen LogP contribution < -0.4 is 16.4 Å². The van der Waals surface area contributed by atoms with Crippen LogP contribution in [0, 0.1) is 6.92 Å². The predicted molar refractivity (Wildman–Crippen MR) is 76.5 cm³/mol. The maximum Gasteiger partial charge on any atom is 0.326 e. The molecule has 5 N–H and O–H groups in total. The van der Waals surface area contributed by atoms with E-state index in [9.17, 15) is 14.4 Å². The molecule has 3 amide bonds. The summed E-state index contributed by atoms with van der Waals surface area (Å²) in [7, 11) is 0. The van der Waals surface area contributed by atoms with Crippen molar-refractivity contribution < 1.29 is 19.5 Å². The topological polar surface area (TPSA) is 122 Å². The summed E-state index contributed by atoms with van der Waals surface area (Å²) in [5.41, 5.74) is 6.93. The molecule has 0 fully saturated rings. The number of aryl methyl sites for hydroxylation is 1. The van der Waals surface area contributed by atoms with Crippen LogP contribution in [-0.2, 0) is 9.59 Å². The molecule has 1 rings (SSSR count). The van der Waals surface area contributed by atoms with Gasteiger partial charge in [0.2, 0.25) is 5.91 Å². The number of primary amides is 1. The van der Waals surface area contributed by atoms with Gasteiger partial charge in [0.05, 0.1) is 12.5 Å². The summed E-state index contributed by atoms with van der Waals surface area (Å²) in [5.74, 6) is -2.11. The Morgan fingerprint density at radius 1 is 1.19 bits per heavy atom. The number of hydrogen-bond donors (Lipinski definition) is 4. The van der Waals surface area contributed by atoms with E-state index in [1.165, 1.54) is 0 Å². The smallest absolute Gasteiger partial charge is 0.326 e. The van der Waals surface area contributed by atoms with Crippen molar-refractivity contribution in [3.63, 3.8) is 0 Å². The molecular formula is C14H19N3O4. The molecule has 2 unspecified atom stereocenters. The van der Waals surface area contributed by atoms with Crippen molar-refractivity contribution in [3.8, 4) is 0 Å². The van der Waals surface area contributed by atoms with Crippen molar-refractivity contribution in [2.24, 2.45) is 5.73 Å². The minimum atomic E-state index is -1.34. The van der Waals surface area contributed by atoms with Crippen LogP contribution in [0.25, 0.3) is 0 Å². The van der Waals surface area contributed by atoms with Crippen molar-refractivity contribution >= 4 is 17.9 Å². The zero-order valence-electron chi connectivity index (χ0n) is 11.9. The number of aliphatic carboxylic acids is 1. The summed E-state index contributed by atoms with van der Waals surface area (Å²) >= 11 is 0. The summed E-state index contributed by atoms with van der Waals surface area (Å²) in [6.45, 7) is 3.73. The number of carbonyl (C=O) groups is 3. The summed E-state index contributed by atoms with van der Waals surface area (Å²) < 4.78 is 0. The van der Waals surface area contributed by atoms with Gasteiger partial charge < -0.3 is 21.5 Å². The number of carbonyl (C=O) groups excluding carboxylic acids is 2. The highest BCUT2D eigenvalue weighted by molar-refractivity contribution is 5.87. The highest BCUT2D eigenvalue weighted by Crippen LogP contribution is 2.12. The van der Waals surface area contributed by atoms with Crippen molar-refractivity contribution in [1.29, 1.82) is 0 Å². The van der Waals surface area contributed by atoms with Gasteiger partial charge in [0.25, 0.3) is 0 Å². The van der Waals surface area contributed by atoms with Gasteiger partial charge in [-0.25, -0.2) is 9.59 Å². The van der Waals surface area contributed by atoms with Crippen LogP contribution in [-0.4, -0.2) is 29.1 Å². The lowest BCUT2D eigenvalue weighted by Crippen LogP contribution is -2.48. The number of urea groups is 1.